The number of nitrogens with one attached hydrogen (secondary N) is 1. The normalized spacial score (nSPS) is 21.9. The number of likely N-dealkylation sites (tertiary alicyclic amines) is 1. The summed E-state index contributed by atoms with van der Waals surface area (Å²) in [5.74, 6) is 0.378. The van der Waals surface area contributed by atoms with E-state index in [-0.39, 0.29) is 17.7 Å². The molecule has 2 aliphatic rings. The second-order valence-corrected chi connectivity index (χ2v) is 7.46. The Balaban J connectivity index is 1.73. The van der Waals surface area contributed by atoms with Gasteiger partial charge in [-0.2, -0.15) is 0 Å². The van der Waals surface area contributed by atoms with Crippen molar-refractivity contribution in [1.29, 1.82) is 0 Å². The lowest BCUT2D eigenvalue weighted by molar-refractivity contribution is -0.124. The van der Waals surface area contributed by atoms with Crippen molar-refractivity contribution in [2.45, 2.75) is 44.9 Å². The van der Waals surface area contributed by atoms with E-state index < -0.39 is 0 Å². The van der Waals surface area contributed by atoms with Gasteiger partial charge >= 0.3 is 0 Å². The highest BCUT2D eigenvalue weighted by Gasteiger charge is 2.28. The summed E-state index contributed by atoms with van der Waals surface area (Å²) in [6.45, 7) is 1.78. The molecule has 3 rings (SSSR count). The maximum Gasteiger partial charge on any atom is 0.263 e. The third kappa shape index (κ3) is 3.19. The van der Waals surface area contributed by atoms with Gasteiger partial charge in [-0.3, -0.25) is 9.59 Å². The van der Waals surface area contributed by atoms with E-state index in [1.54, 1.807) is 18.4 Å². The lowest BCUT2D eigenvalue weighted by Crippen LogP contribution is -2.31. The Kier molecular flexibility index (Phi) is 4.81. The predicted molar refractivity (Wildman–Crippen MR) is 88.3 cm³/mol. The molecule has 120 valence electrons. The van der Waals surface area contributed by atoms with Crippen molar-refractivity contribution in [2.75, 3.05) is 20.1 Å². The summed E-state index contributed by atoms with van der Waals surface area (Å²) in [6.07, 6.45) is 7.30. The quantitative estimate of drug-likeness (QED) is 0.910. The number of fused-ring (bicyclic) bond motifs is 1. The van der Waals surface area contributed by atoms with Gasteiger partial charge in [0.05, 0.1) is 4.88 Å². The first-order valence-electron chi connectivity index (χ1n) is 8.31. The summed E-state index contributed by atoms with van der Waals surface area (Å²) in [6, 6.07) is 2.04. The zero-order chi connectivity index (χ0) is 15.5. The molecule has 0 spiro atoms. The van der Waals surface area contributed by atoms with E-state index in [2.05, 4.69) is 5.32 Å². The zero-order valence-electron chi connectivity index (χ0n) is 13.2. The Labute approximate surface area is 135 Å². The first kappa shape index (κ1) is 15.5. The molecule has 1 saturated heterocycles. The van der Waals surface area contributed by atoms with Crippen molar-refractivity contribution in [1.82, 2.24) is 10.2 Å². The monoisotopic (exact) mass is 320 g/mol. The van der Waals surface area contributed by atoms with Crippen LogP contribution >= 0.6 is 11.3 Å². The second-order valence-electron chi connectivity index (χ2n) is 6.32. The number of thiophene rings is 1. The van der Waals surface area contributed by atoms with Gasteiger partial charge in [0.1, 0.15) is 0 Å². The minimum absolute atomic E-state index is 0.0632. The lowest BCUT2D eigenvalue weighted by atomic mass is 9.88. The average molecular weight is 320 g/mol. The number of carbonyl (C=O) groups is 2. The minimum atomic E-state index is 0.0632. The lowest BCUT2D eigenvalue weighted by Gasteiger charge is -2.20. The van der Waals surface area contributed by atoms with E-state index in [1.165, 1.54) is 23.3 Å². The van der Waals surface area contributed by atoms with Gasteiger partial charge in [0, 0.05) is 30.9 Å². The number of rotatable bonds is 2. The van der Waals surface area contributed by atoms with Crippen LogP contribution in [0, 0.1) is 5.92 Å². The maximum atomic E-state index is 12.7. The number of hydrogen-bond donors (Lipinski definition) is 1. The summed E-state index contributed by atoms with van der Waals surface area (Å²) < 4.78 is 0. The van der Waals surface area contributed by atoms with E-state index in [1.807, 2.05) is 11.0 Å². The first-order valence-corrected chi connectivity index (χ1v) is 9.13. The fourth-order valence-electron chi connectivity index (χ4n) is 3.49. The first-order chi connectivity index (χ1) is 10.7. The Morgan fingerprint density at radius 2 is 1.95 bits per heavy atom. The van der Waals surface area contributed by atoms with Crippen molar-refractivity contribution in [3.05, 3.63) is 21.4 Å². The van der Waals surface area contributed by atoms with Crippen LogP contribution in [0.2, 0.25) is 0 Å². The largest absolute Gasteiger partial charge is 0.359 e. The van der Waals surface area contributed by atoms with E-state index in [0.717, 1.165) is 50.1 Å². The third-order valence-corrected chi connectivity index (χ3v) is 6.03. The van der Waals surface area contributed by atoms with Gasteiger partial charge in [0.2, 0.25) is 5.91 Å². The fourth-order valence-corrected chi connectivity index (χ4v) is 4.66. The molecule has 0 radical (unpaired) electrons. The summed E-state index contributed by atoms with van der Waals surface area (Å²) in [4.78, 5) is 28.7. The zero-order valence-corrected chi connectivity index (χ0v) is 14.0. The molecule has 0 saturated carbocycles. The van der Waals surface area contributed by atoms with Gasteiger partial charge in [-0.15, -0.1) is 11.3 Å². The smallest absolute Gasteiger partial charge is 0.263 e. The van der Waals surface area contributed by atoms with Crippen molar-refractivity contribution in [3.8, 4) is 0 Å². The highest BCUT2D eigenvalue weighted by molar-refractivity contribution is 7.14. The fraction of sp³-hybridized carbons (Fsp3) is 0.647. The molecule has 2 amide bonds. The maximum absolute atomic E-state index is 12.7. The van der Waals surface area contributed by atoms with Crippen molar-refractivity contribution in [3.63, 3.8) is 0 Å². The van der Waals surface area contributed by atoms with Crippen LogP contribution in [0.4, 0.5) is 0 Å². The molecule has 1 aromatic rings. The van der Waals surface area contributed by atoms with Gasteiger partial charge in [0.15, 0.2) is 0 Å². The van der Waals surface area contributed by atoms with Crippen molar-refractivity contribution < 1.29 is 9.59 Å². The number of amides is 2. The Bertz CT molecular complexity index is 559. The second kappa shape index (κ2) is 6.82. The molecule has 5 heteroatoms. The standard InChI is InChI=1S/C17H24N2O2S/c1-18-16(20)12-6-7-14-13(10-12)11-15(22-14)17(21)19-8-4-2-3-5-9-19/h11-12H,2-10H2,1H3,(H,18,20). The molecular weight excluding hydrogens is 296 g/mol. The molecule has 0 bridgehead atoms. The molecular formula is C17H24N2O2S. The van der Waals surface area contributed by atoms with Crippen LogP contribution in [0.5, 0.6) is 0 Å². The molecule has 2 heterocycles. The Morgan fingerprint density at radius 1 is 1.23 bits per heavy atom. The van der Waals surface area contributed by atoms with Crippen LogP contribution in [0.3, 0.4) is 0 Å². The van der Waals surface area contributed by atoms with Crippen LogP contribution < -0.4 is 5.32 Å². The highest BCUT2D eigenvalue weighted by atomic mass is 32.1. The van der Waals surface area contributed by atoms with Gasteiger partial charge in [0.25, 0.3) is 5.91 Å². The number of carbonyl (C=O) groups excluding carboxylic acids is 2. The molecule has 1 unspecified atom stereocenters. The van der Waals surface area contributed by atoms with Crippen LogP contribution in [-0.2, 0) is 17.6 Å². The van der Waals surface area contributed by atoms with Gasteiger partial charge < -0.3 is 10.2 Å². The average Bonchev–Trinajstić information content (AvgIpc) is 2.78. The molecule has 0 aromatic carbocycles. The van der Waals surface area contributed by atoms with E-state index in [4.69, 9.17) is 0 Å². The Hall–Kier alpha value is -1.36. The van der Waals surface area contributed by atoms with Gasteiger partial charge in [-0.05, 0) is 43.7 Å². The SMILES string of the molecule is CNC(=O)C1CCc2sc(C(=O)N3CCCCCC3)cc2C1. The third-order valence-electron chi connectivity index (χ3n) is 4.80. The van der Waals surface area contributed by atoms with Crippen LogP contribution in [0.25, 0.3) is 0 Å². The van der Waals surface area contributed by atoms with Crippen LogP contribution in [-0.4, -0.2) is 36.9 Å². The van der Waals surface area contributed by atoms with Crippen LogP contribution in [0.1, 0.15) is 52.2 Å². The summed E-state index contributed by atoms with van der Waals surface area (Å²) in [5, 5.41) is 2.74. The van der Waals surface area contributed by atoms with Crippen molar-refractivity contribution >= 4 is 23.2 Å². The molecule has 4 nitrogen and oxygen atoms in total. The summed E-state index contributed by atoms with van der Waals surface area (Å²) >= 11 is 1.64. The number of nitrogens with zero attached hydrogens (tertiary/aromatic N) is 1. The summed E-state index contributed by atoms with van der Waals surface area (Å²) in [5.41, 5.74) is 1.21. The molecule has 1 aliphatic carbocycles. The van der Waals surface area contributed by atoms with E-state index >= 15 is 0 Å². The molecule has 1 aromatic heterocycles. The number of hydrogen-bond acceptors (Lipinski definition) is 3. The molecule has 22 heavy (non-hydrogen) atoms. The molecule has 1 atom stereocenters. The van der Waals surface area contributed by atoms with Gasteiger partial charge in [-0.25, -0.2) is 0 Å². The minimum Gasteiger partial charge on any atom is -0.359 e. The number of aryl methyl sites for hydroxylation is 1. The highest BCUT2D eigenvalue weighted by Crippen LogP contribution is 2.33. The molecule has 1 fully saturated rings. The molecule has 1 aliphatic heterocycles. The topological polar surface area (TPSA) is 49.4 Å². The Morgan fingerprint density at radius 3 is 2.64 bits per heavy atom. The van der Waals surface area contributed by atoms with E-state index in [0.29, 0.717) is 0 Å². The summed E-state index contributed by atoms with van der Waals surface area (Å²) in [7, 11) is 1.69. The van der Waals surface area contributed by atoms with Crippen molar-refractivity contribution in [2.24, 2.45) is 5.92 Å². The molecule has 1 N–H and O–H groups in total. The van der Waals surface area contributed by atoms with Gasteiger partial charge in [-0.1, -0.05) is 12.8 Å². The predicted octanol–water partition coefficient (Wildman–Crippen LogP) is 2.62. The van der Waals surface area contributed by atoms with E-state index in [9.17, 15) is 9.59 Å². The van der Waals surface area contributed by atoms with Crippen LogP contribution in [0.15, 0.2) is 6.07 Å².